The molecule has 3 heteroatoms. The molecule has 0 N–H and O–H groups in total. The standard InChI is InChI=1S/C6H8O2P/c1-7-5-3-9-4-6(5)8-2/h3,9H,1-2H3. The summed E-state index contributed by atoms with van der Waals surface area (Å²) >= 11 is 0. The third-order valence-corrected chi connectivity index (χ3v) is 1.81. The van der Waals surface area contributed by atoms with Crippen molar-refractivity contribution >= 4 is 8.19 Å². The van der Waals surface area contributed by atoms with Gasteiger partial charge < -0.3 is 9.47 Å². The Morgan fingerprint density at radius 2 is 2.22 bits per heavy atom. The lowest BCUT2D eigenvalue weighted by Gasteiger charge is -1.98. The van der Waals surface area contributed by atoms with Crippen LogP contribution in [0.25, 0.3) is 0 Å². The van der Waals surface area contributed by atoms with Crippen LogP contribution in [0.5, 0.6) is 11.5 Å². The number of hydrogen-bond donors (Lipinski definition) is 0. The minimum Gasteiger partial charge on any atom is -0.492 e. The molecular formula is C6H8O2P. The van der Waals surface area contributed by atoms with E-state index in [9.17, 15) is 0 Å². The first kappa shape index (κ1) is 6.50. The van der Waals surface area contributed by atoms with Gasteiger partial charge in [0.15, 0.2) is 11.5 Å². The summed E-state index contributed by atoms with van der Waals surface area (Å²) in [5.74, 6) is 6.50. The maximum absolute atomic E-state index is 4.96. The lowest BCUT2D eigenvalue weighted by Crippen LogP contribution is -1.84. The first-order valence-corrected chi connectivity index (χ1v) is 3.63. The van der Waals surface area contributed by atoms with E-state index in [1.807, 2.05) is 5.80 Å². The molecule has 1 heterocycles. The molecule has 2 nitrogen and oxygen atoms in total. The van der Waals surface area contributed by atoms with Crippen molar-refractivity contribution in [3.8, 4) is 11.5 Å². The first-order chi connectivity index (χ1) is 4.38. The minimum absolute atomic E-state index is 0.584. The van der Waals surface area contributed by atoms with Crippen LogP contribution in [-0.4, -0.2) is 14.2 Å². The molecule has 1 atom stereocenters. The van der Waals surface area contributed by atoms with Crippen LogP contribution in [0.2, 0.25) is 0 Å². The Morgan fingerprint density at radius 1 is 1.44 bits per heavy atom. The van der Waals surface area contributed by atoms with Gasteiger partial charge in [-0.25, -0.2) is 0 Å². The molecule has 0 aliphatic carbocycles. The van der Waals surface area contributed by atoms with E-state index < -0.39 is 0 Å². The molecule has 0 aromatic carbocycles. The van der Waals surface area contributed by atoms with Crippen molar-refractivity contribution in [1.29, 1.82) is 0 Å². The zero-order valence-corrected chi connectivity index (χ0v) is 6.39. The Morgan fingerprint density at radius 3 is 2.67 bits per heavy atom. The van der Waals surface area contributed by atoms with E-state index in [1.54, 1.807) is 14.2 Å². The van der Waals surface area contributed by atoms with E-state index in [0.29, 0.717) is 8.19 Å². The second-order valence-corrected chi connectivity index (χ2v) is 2.34. The smallest absolute Gasteiger partial charge is 0.173 e. The normalized spacial score (nSPS) is 9.11. The lowest BCUT2D eigenvalue weighted by atomic mass is 10.5. The fraction of sp³-hybridized carbons (Fsp3) is 0.333. The minimum atomic E-state index is 0.584. The summed E-state index contributed by atoms with van der Waals surface area (Å²) in [7, 11) is 3.83. The van der Waals surface area contributed by atoms with Crippen molar-refractivity contribution < 1.29 is 9.47 Å². The van der Waals surface area contributed by atoms with Gasteiger partial charge in [0, 0.05) is 5.80 Å². The van der Waals surface area contributed by atoms with Gasteiger partial charge in [0.05, 0.1) is 20.0 Å². The number of methoxy groups -OCH3 is 2. The van der Waals surface area contributed by atoms with Crippen molar-refractivity contribution in [3.63, 3.8) is 0 Å². The van der Waals surface area contributed by atoms with Crippen molar-refractivity contribution in [2.45, 2.75) is 0 Å². The molecule has 0 saturated carbocycles. The van der Waals surface area contributed by atoms with Crippen LogP contribution in [0.4, 0.5) is 0 Å². The van der Waals surface area contributed by atoms with Crippen LogP contribution in [0.3, 0.4) is 0 Å². The quantitative estimate of drug-likeness (QED) is 0.625. The van der Waals surface area contributed by atoms with E-state index in [-0.39, 0.29) is 0 Å². The van der Waals surface area contributed by atoms with E-state index in [2.05, 4.69) is 5.80 Å². The molecular weight excluding hydrogens is 135 g/mol. The molecule has 49 valence electrons. The third-order valence-electron chi connectivity index (χ3n) is 1.04. The summed E-state index contributed by atoms with van der Waals surface area (Å²) in [5, 5.41) is 0. The Balaban J connectivity index is 2.85. The van der Waals surface area contributed by atoms with Gasteiger partial charge in [0.1, 0.15) is 0 Å². The second kappa shape index (κ2) is 2.79. The summed E-state index contributed by atoms with van der Waals surface area (Å²) in [6.45, 7) is 0. The van der Waals surface area contributed by atoms with E-state index in [0.717, 1.165) is 11.5 Å². The van der Waals surface area contributed by atoms with Crippen LogP contribution >= 0.6 is 8.19 Å². The zero-order valence-electron chi connectivity index (χ0n) is 5.39. The second-order valence-electron chi connectivity index (χ2n) is 1.52. The van der Waals surface area contributed by atoms with Gasteiger partial charge in [-0.1, -0.05) is 0 Å². The fourth-order valence-corrected chi connectivity index (χ4v) is 1.41. The van der Waals surface area contributed by atoms with Crippen molar-refractivity contribution in [1.82, 2.24) is 0 Å². The average molecular weight is 143 g/mol. The summed E-state index contributed by atoms with van der Waals surface area (Å²) in [4.78, 5) is 0. The molecule has 0 bridgehead atoms. The molecule has 0 aliphatic heterocycles. The highest BCUT2D eigenvalue weighted by atomic mass is 31.0. The highest BCUT2D eigenvalue weighted by molar-refractivity contribution is 7.28. The fourth-order valence-electron chi connectivity index (χ4n) is 0.598. The predicted molar refractivity (Wildman–Crippen MR) is 37.9 cm³/mol. The monoisotopic (exact) mass is 143 g/mol. The Kier molecular flexibility index (Phi) is 2.01. The van der Waals surface area contributed by atoms with Gasteiger partial charge in [-0.15, -0.1) is 8.19 Å². The Hall–Kier alpha value is -0.620. The molecule has 1 rings (SSSR count). The topological polar surface area (TPSA) is 18.5 Å². The highest BCUT2D eigenvalue weighted by Gasteiger charge is 2.00. The number of ether oxygens (including phenoxy) is 2. The molecule has 1 aromatic rings. The molecule has 1 aromatic heterocycles. The molecule has 0 amide bonds. The molecule has 1 radical (unpaired) electrons. The third kappa shape index (κ3) is 1.19. The molecule has 9 heavy (non-hydrogen) atoms. The molecule has 0 fully saturated rings. The molecule has 1 unspecified atom stereocenters. The lowest BCUT2D eigenvalue weighted by molar-refractivity contribution is 0.357. The Labute approximate surface area is 55.9 Å². The van der Waals surface area contributed by atoms with Crippen LogP contribution in [0, 0.1) is 5.80 Å². The average Bonchev–Trinajstić information content (AvgIpc) is 2.33. The van der Waals surface area contributed by atoms with Gasteiger partial charge in [0.25, 0.3) is 0 Å². The molecule has 0 spiro atoms. The number of rotatable bonds is 2. The van der Waals surface area contributed by atoms with E-state index >= 15 is 0 Å². The maximum Gasteiger partial charge on any atom is 0.173 e. The van der Waals surface area contributed by atoms with Gasteiger partial charge in [-0.3, -0.25) is 0 Å². The Bertz CT molecular complexity index is 164. The SMILES string of the molecule is COc1[c][pH]cc1OC. The van der Waals surface area contributed by atoms with Crippen molar-refractivity contribution in [3.05, 3.63) is 11.6 Å². The summed E-state index contributed by atoms with van der Waals surface area (Å²) in [6.07, 6.45) is 0. The zero-order chi connectivity index (χ0) is 6.69. The van der Waals surface area contributed by atoms with Crippen LogP contribution < -0.4 is 9.47 Å². The summed E-state index contributed by atoms with van der Waals surface area (Å²) in [5.41, 5.74) is 0. The van der Waals surface area contributed by atoms with E-state index in [4.69, 9.17) is 9.47 Å². The highest BCUT2D eigenvalue weighted by Crippen LogP contribution is 2.32. The van der Waals surface area contributed by atoms with Crippen molar-refractivity contribution in [2.75, 3.05) is 14.2 Å². The van der Waals surface area contributed by atoms with Gasteiger partial charge in [0.2, 0.25) is 0 Å². The van der Waals surface area contributed by atoms with Crippen LogP contribution in [-0.2, 0) is 0 Å². The number of hydrogen-bond acceptors (Lipinski definition) is 2. The van der Waals surface area contributed by atoms with Crippen LogP contribution in [0.1, 0.15) is 0 Å². The molecule has 0 saturated heterocycles. The largest absolute Gasteiger partial charge is 0.492 e. The van der Waals surface area contributed by atoms with Gasteiger partial charge in [-0.2, -0.15) is 0 Å². The molecule has 0 aliphatic rings. The predicted octanol–water partition coefficient (Wildman–Crippen LogP) is 1.54. The summed E-state index contributed by atoms with van der Waals surface area (Å²) < 4.78 is 9.89. The van der Waals surface area contributed by atoms with E-state index in [1.165, 1.54) is 0 Å². The van der Waals surface area contributed by atoms with Crippen molar-refractivity contribution in [2.24, 2.45) is 0 Å². The van der Waals surface area contributed by atoms with Crippen LogP contribution in [0.15, 0.2) is 5.80 Å². The van der Waals surface area contributed by atoms with Gasteiger partial charge >= 0.3 is 0 Å². The maximum atomic E-state index is 4.96. The summed E-state index contributed by atoms with van der Waals surface area (Å²) in [6, 6.07) is 0. The first-order valence-electron chi connectivity index (χ1n) is 2.55. The van der Waals surface area contributed by atoms with Gasteiger partial charge in [-0.05, 0) is 0 Å².